The number of carbonyl (C=O) groups excluding carboxylic acids is 1. The zero-order chi connectivity index (χ0) is 17.0. The number of rotatable bonds is 6. The predicted octanol–water partition coefficient (Wildman–Crippen LogP) is 1.75. The van der Waals surface area contributed by atoms with Gasteiger partial charge in [-0.05, 0) is 37.3 Å². The summed E-state index contributed by atoms with van der Waals surface area (Å²) in [7, 11) is -3.37. The molecule has 0 heterocycles. The average Bonchev–Trinajstić information content (AvgIpc) is 2.82. The maximum absolute atomic E-state index is 12.2. The third-order valence-electron chi connectivity index (χ3n) is 4.27. The molecule has 1 aromatic carbocycles. The van der Waals surface area contributed by atoms with Crippen LogP contribution in [0.5, 0.6) is 0 Å². The van der Waals surface area contributed by atoms with Gasteiger partial charge in [0.1, 0.15) is 0 Å². The lowest BCUT2D eigenvalue weighted by Gasteiger charge is -2.20. The Morgan fingerprint density at radius 3 is 2.65 bits per heavy atom. The Bertz CT molecular complexity index is 660. The molecule has 4 N–H and O–H groups in total. The van der Waals surface area contributed by atoms with E-state index in [1.54, 1.807) is 18.2 Å². The quantitative estimate of drug-likeness (QED) is 0.735. The van der Waals surface area contributed by atoms with Crippen LogP contribution < -0.4 is 15.8 Å². The highest BCUT2D eigenvalue weighted by atomic mass is 32.2. The van der Waals surface area contributed by atoms with E-state index in [0.29, 0.717) is 12.1 Å². The fourth-order valence-electron chi connectivity index (χ4n) is 3.10. The summed E-state index contributed by atoms with van der Waals surface area (Å²) in [6.07, 6.45) is 4.58. The first-order chi connectivity index (χ1) is 10.8. The van der Waals surface area contributed by atoms with Gasteiger partial charge in [-0.3, -0.25) is 9.52 Å². The molecule has 3 atom stereocenters. The first kappa shape index (κ1) is 17.7. The van der Waals surface area contributed by atoms with E-state index in [-0.39, 0.29) is 23.9 Å². The SMILES string of the molecule is CC(NC(=O)C[C@@H]1CCC[C@H]1N)c1ccccc1NS(C)(=O)=O. The molecule has 1 aliphatic carbocycles. The summed E-state index contributed by atoms with van der Waals surface area (Å²) in [5.74, 6) is 0.195. The van der Waals surface area contributed by atoms with Crippen molar-refractivity contribution in [1.29, 1.82) is 0 Å². The molecule has 0 bridgehead atoms. The smallest absolute Gasteiger partial charge is 0.229 e. The number of hydrogen-bond acceptors (Lipinski definition) is 4. The summed E-state index contributed by atoms with van der Waals surface area (Å²) in [4.78, 5) is 12.2. The number of sulfonamides is 1. The van der Waals surface area contributed by atoms with Gasteiger partial charge >= 0.3 is 0 Å². The van der Waals surface area contributed by atoms with Crippen molar-refractivity contribution in [3.05, 3.63) is 29.8 Å². The standard InChI is InChI=1S/C16H25N3O3S/c1-11(18-16(20)10-12-6-5-8-14(12)17)13-7-3-4-9-15(13)19-23(2,21)22/h3-4,7,9,11-12,14,19H,5-6,8,10,17H2,1-2H3,(H,18,20)/t11?,12-,14+/m0/s1. The van der Waals surface area contributed by atoms with Crippen LogP contribution in [-0.4, -0.2) is 26.6 Å². The molecule has 2 rings (SSSR count). The first-order valence-corrected chi connectivity index (χ1v) is 9.77. The Labute approximate surface area is 137 Å². The summed E-state index contributed by atoms with van der Waals surface area (Å²) >= 11 is 0. The molecule has 1 fully saturated rings. The molecule has 0 radical (unpaired) electrons. The lowest BCUT2D eigenvalue weighted by atomic mass is 9.99. The molecule has 1 aliphatic rings. The van der Waals surface area contributed by atoms with Crippen LogP contribution in [0.25, 0.3) is 0 Å². The molecule has 0 spiro atoms. The van der Waals surface area contributed by atoms with E-state index in [2.05, 4.69) is 10.0 Å². The van der Waals surface area contributed by atoms with Gasteiger partial charge in [0.05, 0.1) is 18.0 Å². The van der Waals surface area contributed by atoms with E-state index < -0.39 is 10.0 Å². The second kappa shape index (κ2) is 7.31. The highest BCUT2D eigenvalue weighted by Gasteiger charge is 2.26. The summed E-state index contributed by atoms with van der Waals surface area (Å²) in [5.41, 5.74) is 7.23. The topological polar surface area (TPSA) is 101 Å². The van der Waals surface area contributed by atoms with Gasteiger partial charge in [0, 0.05) is 12.5 Å². The molecule has 0 saturated heterocycles. The molecular weight excluding hydrogens is 314 g/mol. The summed E-state index contributed by atoms with van der Waals surface area (Å²) in [5, 5.41) is 2.94. The van der Waals surface area contributed by atoms with Crippen LogP contribution in [0.1, 0.15) is 44.2 Å². The number of para-hydroxylation sites is 1. The number of benzene rings is 1. The molecule has 0 aliphatic heterocycles. The van der Waals surface area contributed by atoms with Gasteiger partial charge in [-0.15, -0.1) is 0 Å². The summed E-state index contributed by atoms with van der Waals surface area (Å²) in [6, 6.07) is 6.88. The van der Waals surface area contributed by atoms with Crippen LogP contribution in [0.4, 0.5) is 5.69 Å². The maximum Gasteiger partial charge on any atom is 0.229 e. The Kier molecular flexibility index (Phi) is 5.64. The van der Waals surface area contributed by atoms with Crippen molar-refractivity contribution >= 4 is 21.6 Å². The molecule has 23 heavy (non-hydrogen) atoms. The average molecular weight is 339 g/mol. The highest BCUT2D eigenvalue weighted by Crippen LogP contribution is 2.28. The summed E-state index contributed by atoms with van der Waals surface area (Å²) in [6.45, 7) is 1.84. The molecule has 128 valence electrons. The largest absolute Gasteiger partial charge is 0.349 e. The first-order valence-electron chi connectivity index (χ1n) is 7.88. The normalized spacial score (nSPS) is 22.6. The van der Waals surface area contributed by atoms with Crippen LogP contribution >= 0.6 is 0 Å². The minimum atomic E-state index is -3.37. The van der Waals surface area contributed by atoms with Crippen LogP contribution in [0, 0.1) is 5.92 Å². The monoisotopic (exact) mass is 339 g/mol. The van der Waals surface area contributed by atoms with Crippen molar-refractivity contribution in [3.63, 3.8) is 0 Å². The minimum absolute atomic E-state index is 0.0472. The Hall–Kier alpha value is -1.60. The van der Waals surface area contributed by atoms with Crippen LogP contribution in [0.2, 0.25) is 0 Å². The van der Waals surface area contributed by atoms with Crippen LogP contribution in [-0.2, 0) is 14.8 Å². The van der Waals surface area contributed by atoms with Crippen molar-refractivity contribution in [2.24, 2.45) is 11.7 Å². The lowest BCUT2D eigenvalue weighted by molar-refractivity contribution is -0.122. The zero-order valence-electron chi connectivity index (χ0n) is 13.6. The number of nitrogens with two attached hydrogens (primary N) is 1. The van der Waals surface area contributed by atoms with Crippen molar-refractivity contribution in [2.75, 3.05) is 11.0 Å². The molecular formula is C16H25N3O3S. The van der Waals surface area contributed by atoms with Crippen molar-refractivity contribution in [3.8, 4) is 0 Å². The minimum Gasteiger partial charge on any atom is -0.349 e. The number of amides is 1. The van der Waals surface area contributed by atoms with E-state index in [0.717, 1.165) is 31.1 Å². The number of nitrogens with one attached hydrogen (secondary N) is 2. The maximum atomic E-state index is 12.2. The van der Waals surface area contributed by atoms with Crippen LogP contribution in [0.3, 0.4) is 0 Å². The molecule has 1 amide bonds. The van der Waals surface area contributed by atoms with E-state index in [9.17, 15) is 13.2 Å². The van der Waals surface area contributed by atoms with Gasteiger partial charge in [-0.1, -0.05) is 24.6 Å². The van der Waals surface area contributed by atoms with Crippen LogP contribution in [0.15, 0.2) is 24.3 Å². The lowest BCUT2D eigenvalue weighted by Crippen LogP contribution is -2.33. The Morgan fingerprint density at radius 1 is 1.35 bits per heavy atom. The van der Waals surface area contributed by atoms with Crippen molar-refractivity contribution in [2.45, 2.75) is 44.7 Å². The molecule has 1 unspecified atom stereocenters. The van der Waals surface area contributed by atoms with E-state index >= 15 is 0 Å². The van der Waals surface area contributed by atoms with E-state index in [1.807, 2.05) is 13.0 Å². The van der Waals surface area contributed by atoms with Gasteiger partial charge in [-0.25, -0.2) is 8.42 Å². The number of hydrogen-bond donors (Lipinski definition) is 3. The van der Waals surface area contributed by atoms with Gasteiger partial charge in [0.2, 0.25) is 15.9 Å². The third kappa shape index (κ3) is 5.21. The van der Waals surface area contributed by atoms with E-state index in [1.165, 1.54) is 0 Å². The molecule has 0 aromatic heterocycles. The third-order valence-corrected chi connectivity index (χ3v) is 4.86. The fourth-order valence-corrected chi connectivity index (χ4v) is 3.69. The Morgan fingerprint density at radius 2 is 2.04 bits per heavy atom. The van der Waals surface area contributed by atoms with Gasteiger partial charge < -0.3 is 11.1 Å². The number of carbonyl (C=O) groups is 1. The van der Waals surface area contributed by atoms with Gasteiger partial charge in [0.15, 0.2) is 0 Å². The Balaban J connectivity index is 2.02. The second-order valence-corrected chi connectivity index (χ2v) is 8.06. The van der Waals surface area contributed by atoms with Gasteiger partial charge in [-0.2, -0.15) is 0 Å². The molecule has 7 heteroatoms. The van der Waals surface area contributed by atoms with Crippen molar-refractivity contribution < 1.29 is 13.2 Å². The molecule has 6 nitrogen and oxygen atoms in total. The van der Waals surface area contributed by atoms with Crippen molar-refractivity contribution in [1.82, 2.24) is 5.32 Å². The zero-order valence-corrected chi connectivity index (χ0v) is 14.4. The summed E-state index contributed by atoms with van der Waals surface area (Å²) < 4.78 is 25.4. The van der Waals surface area contributed by atoms with E-state index in [4.69, 9.17) is 5.73 Å². The fraction of sp³-hybridized carbons (Fsp3) is 0.562. The molecule has 1 saturated carbocycles. The predicted molar refractivity (Wildman–Crippen MR) is 91.4 cm³/mol. The molecule has 1 aromatic rings. The highest BCUT2D eigenvalue weighted by molar-refractivity contribution is 7.92. The number of anilines is 1. The second-order valence-electron chi connectivity index (χ2n) is 6.31. The van der Waals surface area contributed by atoms with Gasteiger partial charge in [0.25, 0.3) is 0 Å².